The van der Waals surface area contributed by atoms with Crippen LogP contribution in [0.25, 0.3) is 5.69 Å². The maximum atomic E-state index is 13.1. The Hall–Kier alpha value is -3.80. The normalized spacial score (nSPS) is 16.1. The Balaban J connectivity index is 1.28. The molecule has 5 rings (SSSR count). The third kappa shape index (κ3) is 3.80. The first-order valence-electron chi connectivity index (χ1n) is 10.9. The summed E-state index contributed by atoms with van der Waals surface area (Å²) >= 11 is 0. The quantitative estimate of drug-likeness (QED) is 0.476. The molecule has 2 unspecified atom stereocenters. The van der Waals surface area contributed by atoms with Crippen LogP contribution in [0.1, 0.15) is 47.1 Å². The molecule has 0 bridgehead atoms. The number of carbonyl (C=O) groups is 1. The molecule has 2 aromatic heterocycles. The first-order valence-corrected chi connectivity index (χ1v) is 10.9. The van der Waals surface area contributed by atoms with Gasteiger partial charge in [0.25, 0.3) is 5.91 Å². The number of hydrogen-bond acceptors (Lipinski definition) is 4. The van der Waals surface area contributed by atoms with Gasteiger partial charge in [0.05, 0.1) is 30.7 Å². The molecule has 32 heavy (non-hydrogen) atoms. The minimum absolute atomic E-state index is 0.125. The molecular formula is C26H26N4O2. The number of amides is 1. The van der Waals surface area contributed by atoms with Gasteiger partial charge in [-0.3, -0.25) is 4.79 Å². The fourth-order valence-corrected chi connectivity index (χ4v) is 4.40. The van der Waals surface area contributed by atoms with E-state index in [1.165, 1.54) is 11.3 Å². The van der Waals surface area contributed by atoms with Gasteiger partial charge in [-0.2, -0.15) is 0 Å². The topological polar surface area (TPSA) is 63.3 Å². The van der Waals surface area contributed by atoms with E-state index in [1.807, 2.05) is 42.0 Å². The fourth-order valence-electron chi connectivity index (χ4n) is 4.40. The maximum Gasteiger partial charge on any atom is 0.255 e. The highest BCUT2D eigenvalue weighted by Crippen LogP contribution is 2.33. The van der Waals surface area contributed by atoms with Gasteiger partial charge in [0, 0.05) is 29.8 Å². The highest BCUT2D eigenvalue weighted by atomic mass is 16.3. The van der Waals surface area contributed by atoms with Crippen molar-refractivity contribution in [2.75, 3.05) is 4.90 Å². The van der Waals surface area contributed by atoms with Gasteiger partial charge >= 0.3 is 0 Å². The lowest BCUT2D eigenvalue weighted by Crippen LogP contribution is -2.31. The molecule has 3 heterocycles. The first-order chi connectivity index (χ1) is 15.6. The van der Waals surface area contributed by atoms with Crippen molar-refractivity contribution in [2.24, 2.45) is 0 Å². The average Bonchev–Trinajstić information content (AvgIpc) is 3.55. The van der Waals surface area contributed by atoms with Gasteiger partial charge in [-0.05, 0) is 55.7 Å². The lowest BCUT2D eigenvalue weighted by molar-refractivity contribution is 0.0938. The second-order valence-corrected chi connectivity index (χ2v) is 8.32. The summed E-state index contributed by atoms with van der Waals surface area (Å²) in [6, 6.07) is 18.5. The first kappa shape index (κ1) is 20.1. The van der Waals surface area contributed by atoms with Crippen molar-refractivity contribution in [1.82, 2.24) is 14.9 Å². The van der Waals surface area contributed by atoms with Crippen molar-refractivity contribution in [3.8, 4) is 5.69 Å². The molecule has 0 radical (unpaired) electrons. The number of fused-ring (bicyclic) bond motifs is 1. The average molecular weight is 427 g/mol. The molecule has 6 heteroatoms. The molecule has 1 aliphatic heterocycles. The predicted molar refractivity (Wildman–Crippen MR) is 124 cm³/mol. The van der Waals surface area contributed by atoms with Crippen LogP contribution in [-0.4, -0.2) is 21.5 Å². The van der Waals surface area contributed by atoms with Crippen LogP contribution in [0.3, 0.4) is 0 Å². The zero-order valence-electron chi connectivity index (χ0n) is 18.2. The molecule has 2 aromatic carbocycles. The zero-order chi connectivity index (χ0) is 22.1. The number of imidazole rings is 1. The molecule has 1 aliphatic rings. The monoisotopic (exact) mass is 426 g/mol. The lowest BCUT2D eigenvalue weighted by Gasteiger charge is -2.24. The number of nitrogens with zero attached hydrogens (tertiary/aromatic N) is 3. The predicted octanol–water partition coefficient (Wildman–Crippen LogP) is 4.91. The van der Waals surface area contributed by atoms with E-state index in [2.05, 4.69) is 46.4 Å². The second-order valence-electron chi connectivity index (χ2n) is 8.32. The Labute approximate surface area is 187 Å². The Kier molecular flexibility index (Phi) is 5.27. The summed E-state index contributed by atoms with van der Waals surface area (Å²) in [6.07, 6.45) is 8.02. The summed E-state index contributed by atoms with van der Waals surface area (Å²) in [5.74, 6) is 0.564. The number of carbonyl (C=O) groups excluding carboxylic acids is 1. The number of nitrogens with one attached hydrogen (secondary N) is 1. The summed E-state index contributed by atoms with van der Waals surface area (Å²) in [4.78, 5) is 19.5. The van der Waals surface area contributed by atoms with Crippen molar-refractivity contribution >= 4 is 11.6 Å². The molecule has 0 fully saturated rings. The number of furan rings is 1. The van der Waals surface area contributed by atoms with Gasteiger partial charge in [-0.1, -0.05) is 30.3 Å². The third-order valence-corrected chi connectivity index (χ3v) is 6.20. The van der Waals surface area contributed by atoms with Crippen LogP contribution in [0.4, 0.5) is 5.69 Å². The van der Waals surface area contributed by atoms with Crippen LogP contribution in [0.2, 0.25) is 0 Å². The largest absolute Gasteiger partial charge is 0.467 e. The summed E-state index contributed by atoms with van der Waals surface area (Å²) in [5.41, 5.74) is 5.21. The van der Waals surface area contributed by atoms with Gasteiger partial charge in [0.15, 0.2) is 0 Å². The highest BCUT2D eigenvalue weighted by Gasteiger charge is 2.28. The molecule has 1 N–H and O–H groups in total. The number of anilines is 1. The van der Waals surface area contributed by atoms with Gasteiger partial charge < -0.3 is 19.2 Å². The molecule has 0 spiro atoms. The summed E-state index contributed by atoms with van der Waals surface area (Å²) in [7, 11) is 0. The molecule has 0 saturated carbocycles. The molecule has 2 atom stereocenters. The van der Waals surface area contributed by atoms with Gasteiger partial charge in [0.1, 0.15) is 5.76 Å². The number of aromatic nitrogens is 2. The molecule has 0 aliphatic carbocycles. The molecule has 1 amide bonds. The van der Waals surface area contributed by atoms with E-state index in [9.17, 15) is 4.79 Å². The molecular weight excluding hydrogens is 400 g/mol. The SMILES string of the molecule is CC(NC(=O)c1ccoc1CN1c2ccccc2CC1C)c1ccc(-n2ccnc2)cc1. The van der Waals surface area contributed by atoms with Crippen LogP contribution in [0.15, 0.2) is 84.0 Å². The summed E-state index contributed by atoms with van der Waals surface area (Å²) in [6.45, 7) is 4.77. The standard InChI is InChI=1S/C26H26N4O2/c1-18-15-21-5-3-4-6-24(21)30(18)16-25-23(11-14-32-25)26(31)28-19(2)20-7-9-22(10-8-20)29-13-12-27-17-29/h3-14,17-19H,15-16H2,1-2H3,(H,28,31). The van der Waals surface area contributed by atoms with Crippen molar-refractivity contribution in [3.63, 3.8) is 0 Å². The molecule has 4 aromatic rings. The Morgan fingerprint density at radius 3 is 2.78 bits per heavy atom. The van der Waals surface area contributed by atoms with E-state index >= 15 is 0 Å². The van der Waals surface area contributed by atoms with E-state index in [0.29, 0.717) is 23.9 Å². The Bertz CT molecular complexity index is 1210. The fraction of sp³-hybridized carbons (Fsp3) is 0.231. The molecule has 162 valence electrons. The summed E-state index contributed by atoms with van der Waals surface area (Å²) < 4.78 is 7.69. The number of rotatable bonds is 6. The van der Waals surface area contributed by atoms with E-state index in [4.69, 9.17) is 4.42 Å². The van der Waals surface area contributed by atoms with Gasteiger partial charge in [-0.15, -0.1) is 0 Å². The van der Waals surface area contributed by atoms with Crippen LogP contribution in [0.5, 0.6) is 0 Å². The maximum absolute atomic E-state index is 13.1. The number of hydrogen-bond donors (Lipinski definition) is 1. The smallest absolute Gasteiger partial charge is 0.255 e. The van der Waals surface area contributed by atoms with Crippen molar-refractivity contribution in [1.29, 1.82) is 0 Å². The van der Waals surface area contributed by atoms with E-state index in [-0.39, 0.29) is 11.9 Å². The van der Waals surface area contributed by atoms with Crippen LogP contribution in [-0.2, 0) is 13.0 Å². The summed E-state index contributed by atoms with van der Waals surface area (Å²) in [5, 5.41) is 3.11. The van der Waals surface area contributed by atoms with E-state index in [0.717, 1.165) is 17.7 Å². The minimum atomic E-state index is -0.131. The van der Waals surface area contributed by atoms with Crippen LogP contribution in [0, 0.1) is 0 Å². The van der Waals surface area contributed by atoms with Gasteiger partial charge in [-0.25, -0.2) is 4.98 Å². The van der Waals surface area contributed by atoms with Crippen molar-refractivity contribution < 1.29 is 9.21 Å². The van der Waals surface area contributed by atoms with Crippen LogP contribution < -0.4 is 10.2 Å². The molecule has 0 saturated heterocycles. The highest BCUT2D eigenvalue weighted by molar-refractivity contribution is 5.95. The third-order valence-electron chi connectivity index (χ3n) is 6.20. The van der Waals surface area contributed by atoms with E-state index < -0.39 is 0 Å². The Morgan fingerprint density at radius 2 is 2.00 bits per heavy atom. The van der Waals surface area contributed by atoms with Crippen LogP contribution >= 0.6 is 0 Å². The van der Waals surface area contributed by atoms with Gasteiger partial charge in [0.2, 0.25) is 0 Å². The zero-order valence-corrected chi connectivity index (χ0v) is 18.2. The van der Waals surface area contributed by atoms with E-state index in [1.54, 1.807) is 24.9 Å². The lowest BCUT2D eigenvalue weighted by atomic mass is 10.1. The minimum Gasteiger partial charge on any atom is -0.467 e. The number of benzene rings is 2. The molecule has 6 nitrogen and oxygen atoms in total. The van der Waals surface area contributed by atoms with Crippen molar-refractivity contribution in [2.45, 2.75) is 38.9 Å². The Morgan fingerprint density at radius 1 is 1.19 bits per heavy atom. The van der Waals surface area contributed by atoms with Crippen molar-refractivity contribution in [3.05, 3.63) is 102 Å². The second kappa shape index (κ2) is 8.38. The number of para-hydroxylation sites is 1.